The third kappa shape index (κ3) is 3.13. The van der Waals surface area contributed by atoms with Crippen LogP contribution in [0.15, 0.2) is 52.1 Å². The predicted molar refractivity (Wildman–Crippen MR) is 77.5 cm³/mol. The van der Waals surface area contributed by atoms with Crippen LogP contribution in [0.2, 0.25) is 0 Å². The number of nitrogens with zero attached hydrogens (tertiary/aromatic N) is 2. The van der Waals surface area contributed by atoms with Crippen molar-refractivity contribution in [3.8, 4) is 0 Å². The van der Waals surface area contributed by atoms with Crippen molar-refractivity contribution in [2.24, 2.45) is 9.98 Å². The fraction of sp³-hybridized carbons (Fsp3) is 0.143. The number of carbonyl (C=O) groups excluding carboxylic acids is 2. The molecule has 1 aliphatic carbocycles. The van der Waals surface area contributed by atoms with E-state index in [2.05, 4.69) is 9.98 Å². The van der Waals surface area contributed by atoms with Gasteiger partial charge in [0, 0.05) is 6.42 Å². The van der Waals surface area contributed by atoms with E-state index in [-0.39, 0.29) is 5.70 Å². The number of allylic oxidation sites excluding steroid dienone is 4. The van der Waals surface area contributed by atoms with Crippen molar-refractivity contribution in [3.05, 3.63) is 47.7 Å². The molecule has 4 nitrogen and oxygen atoms in total. The molecule has 0 heterocycles. The second-order valence-electron chi connectivity index (χ2n) is 4.08. The van der Waals surface area contributed by atoms with Gasteiger partial charge in [-0.25, -0.2) is 9.59 Å². The lowest BCUT2D eigenvalue weighted by Crippen LogP contribution is -2.18. The highest BCUT2D eigenvalue weighted by Gasteiger charge is 2.33. The molecule has 0 saturated carbocycles. The smallest absolute Gasteiger partial charge is 0.211 e. The van der Waals surface area contributed by atoms with Crippen LogP contribution in [0, 0.1) is 0 Å². The third-order valence-electron chi connectivity index (χ3n) is 2.81. The summed E-state index contributed by atoms with van der Waals surface area (Å²) in [6.45, 7) is 0. The highest BCUT2D eigenvalue weighted by molar-refractivity contribution is 6.51. The van der Waals surface area contributed by atoms with E-state index in [1.165, 1.54) is 12.2 Å². The van der Waals surface area contributed by atoms with E-state index in [4.69, 9.17) is 23.2 Å². The number of alkyl halides is 2. The van der Waals surface area contributed by atoms with Crippen LogP contribution < -0.4 is 0 Å². The maximum atomic E-state index is 10.3. The number of aliphatic imine (C=N–C) groups is 2. The summed E-state index contributed by atoms with van der Waals surface area (Å²) in [4.78, 5) is 27.5. The van der Waals surface area contributed by atoms with Crippen molar-refractivity contribution >= 4 is 46.6 Å². The minimum absolute atomic E-state index is 0.266. The van der Waals surface area contributed by atoms with E-state index in [1.54, 1.807) is 36.4 Å². The number of benzene rings is 1. The molecule has 0 unspecified atom stereocenters. The topological polar surface area (TPSA) is 58.9 Å². The molecule has 0 N–H and O–H groups in total. The normalized spacial score (nSPS) is 16.3. The van der Waals surface area contributed by atoms with Gasteiger partial charge in [-0.15, -0.1) is 0 Å². The molecule has 0 aliphatic heterocycles. The average molecular weight is 307 g/mol. The number of hydrogen-bond donors (Lipinski definition) is 0. The van der Waals surface area contributed by atoms with Crippen LogP contribution in [0.25, 0.3) is 5.57 Å². The number of halogens is 2. The summed E-state index contributed by atoms with van der Waals surface area (Å²) in [7, 11) is 0. The van der Waals surface area contributed by atoms with Crippen molar-refractivity contribution in [1.82, 2.24) is 0 Å². The monoisotopic (exact) mass is 306 g/mol. The van der Waals surface area contributed by atoms with E-state index in [0.29, 0.717) is 12.1 Å². The highest BCUT2D eigenvalue weighted by Crippen LogP contribution is 2.42. The van der Waals surface area contributed by atoms with Crippen molar-refractivity contribution in [3.63, 3.8) is 0 Å². The SMILES string of the molecule is O=C=NC1=CC=C(c2ccc(N=C=O)cc2)CC1(Cl)Cl. The van der Waals surface area contributed by atoms with Crippen LogP contribution in [0.3, 0.4) is 0 Å². The van der Waals surface area contributed by atoms with Crippen molar-refractivity contribution in [2.75, 3.05) is 0 Å². The Morgan fingerprint density at radius 3 is 2.20 bits per heavy atom. The molecular weight excluding hydrogens is 299 g/mol. The van der Waals surface area contributed by atoms with Crippen molar-refractivity contribution < 1.29 is 9.59 Å². The summed E-state index contributed by atoms with van der Waals surface area (Å²) in [6.07, 6.45) is 6.59. The number of rotatable bonds is 3. The van der Waals surface area contributed by atoms with Crippen LogP contribution in [-0.4, -0.2) is 16.5 Å². The zero-order valence-corrected chi connectivity index (χ0v) is 11.6. The Morgan fingerprint density at radius 2 is 1.65 bits per heavy atom. The second kappa shape index (κ2) is 6.00. The lowest BCUT2D eigenvalue weighted by atomic mass is 9.95. The van der Waals surface area contributed by atoms with Crippen LogP contribution in [0.1, 0.15) is 12.0 Å². The minimum Gasteiger partial charge on any atom is -0.211 e. The van der Waals surface area contributed by atoms with Gasteiger partial charge in [-0.2, -0.15) is 9.98 Å². The van der Waals surface area contributed by atoms with E-state index in [1.807, 2.05) is 0 Å². The van der Waals surface area contributed by atoms with E-state index in [9.17, 15) is 9.59 Å². The quantitative estimate of drug-likeness (QED) is 0.484. The van der Waals surface area contributed by atoms with Crippen LogP contribution in [-0.2, 0) is 9.59 Å². The van der Waals surface area contributed by atoms with Gasteiger partial charge in [0.2, 0.25) is 12.2 Å². The van der Waals surface area contributed by atoms with Crippen LogP contribution >= 0.6 is 23.2 Å². The van der Waals surface area contributed by atoms with Gasteiger partial charge in [-0.05, 0) is 29.3 Å². The zero-order valence-electron chi connectivity index (χ0n) is 10.1. The molecule has 1 aliphatic rings. The van der Waals surface area contributed by atoms with Gasteiger partial charge in [0.25, 0.3) is 0 Å². The third-order valence-corrected chi connectivity index (χ3v) is 3.46. The zero-order chi connectivity index (χ0) is 14.6. The largest absolute Gasteiger partial charge is 0.240 e. The molecule has 0 aromatic heterocycles. The molecule has 0 atom stereocenters. The molecule has 0 fully saturated rings. The summed E-state index contributed by atoms with van der Waals surface area (Å²) < 4.78 is -1.26. The van der Waals surface area contributed by atoms with E-state index < -0.39 is 4.33 Å². The van der Waals surface area contributed by atoms with Gasteiger partial charge in [0.1, 0.15) is 0 Å². The summed E-state index contributed by atoms with van der Waals surface area (Å²) in [6, 6.07) is 6.98. The number of hydrogen-bond acceptors (Lipinski definition) is 4. The average Bonchev–Trinajstić information content (AvgIpc) is 2.42. The molecule has 1 aromatic carbocycles. The summed E-state index contributed by atoms with van der Waals surface area (Å²) >= 11 is 12.3. The van der Waals surface area contributed by atoms with Crippen LogP contribution in [0.5, 0.6) is 0 Å². The first-order chi connectivity index (χ1) is 9.56. The molecule has 0 spiro atoms. The van der Waals surface area contributed by atoms with Gasteiger partial charge in [0.05, 0.1) is 11.4 Å². The summed E-state index contributed by atoms with van der Waals surface area (Å²) in [5.41, 5.74) is 2.57. The Kier molecular flexibility index (Phi) is 4.33. The Hall–Kier alpha value is -1.96. The molecule has 0 saturated heterocycles. The second-order valence-corrected chi connectivity index (χ2v) is 5.56. The molecule has 100 valence electrons. The first-order valence-electron chi connectivity index (χ1n) is 5.62. The standard InChI is InChI=1S/C14H8Cl2N2O2/c15-14(16)7-11(3-6-13(14)18-9-20)10-1-4-12(5-2-10)17-8-19/h1-6H,7H2. The lowest BCUT2D eigenvalue weighted by molar-refractivity contribution is 0.563. The predicted octanol–water partition coefficient (Wildman–Crippen LogP) is 3.83. The van der Waals surface area contributed by atoms with Gasteiger partial charge < -0.3 is 0 Å². The highest BCUT2D eigenvalue weighted by atomic mass is 35.5. The fourth-order valence-electron chi connectivity index (χ4n) is 1.86. The molecule has 2 rings (SSSR count). The van der Waals surface area contributed by atoms with E-state index >= 15 is 0 Å². The van der Waals surface area contributed by atoms with Gasteiger partial charge >= 0.3 is 0 Å². The van der Waals surface area contributed by atoms with Gasteiger partial charge in [-0.1, -0.05) is 41.4 Å². The van der Waals surface area contributed by atoms with Gasteiger partial charge in [-0.3, -0.25) is 0 Å². The fourth-order valence-corrected chi connectivity index (χ4v) is 2.36. The molecule has 0 amide bonds. The lowest BCUT2D eigenvalue weighted by Gasteiger charge is -2.24. The molecule has 6 heteroatoms. The van der Waals surface area contributed by atoms with Gasteiger partial charge in [0.15, 0.2) is 4.33 Å². The Balaban J connectivity index is 2.34. The number of isocyanates is 2. The van der Waals surface area contributed by atoms with Crippen LogP contribution in [0.4, 0.5) is 5.69 Å². The van der Waals surface area contributed by atoms with E-state index in [0.717, 1.165) is 11.1 Å². The Bertz CT molecular complexity index is 678. The molecule has 0 bridgehead atoms. The summed E-state index contributed by atoms with van der Waals surface area (Å²) in [5.74, 6) is 0. The maximum Gasteiger partial charge on any atom is 0.240 e. The Labute approximate surface area is 125 Å². The maximum absolute atomic E-state index is 10.3. The molecule has 1 aromatic rings. The molecule has 0 radical (unpaired) electrons. The molecular formula is C14H8Cl2N2O2. The van der Waals surface area contributed by atoms with Crippen molar-refractivity contribution in [2.45, 2.75) is 10.8 Å². The molecule has 20 heavy (non-hydrogen) atoms. The summed E-state index contributed by atoms with van der Waals surface area (Å²) in [5, 5.41) is 0. The Morgan fingerprint density at radius 1 is 1.00 bits per heavy atom. The van der Waals surface area contributed by atoms with Crippen molar-refractivity contribution in [1.29, 1.82) is 0 Å². The first kappa shape index (κ1) is 14.4. The minimum atomic E-state index is -1.26. The first-order valence-corrected chi connectivity index (χ1v) is 6.38.